The molecule has 3 nitrogen and oxygen atoms in total. The van der Waals surface area contributed by atoms with Crippen molar-refractivity contribution in [3.05, 3.63) is 114 Å². The van der Waals surface area contributed by atoms with Crippen LogP contribution in [-0.2, 0) is 0 Å². The van der Waals surface area contributed by atoms with Crippen molar-refractivity contribution in [2.75, 3.05) is 0 Å². The molecule has 0 N–H and O–H groups in total. The maximum atomic E-state index is 6.35. The van der Waals surface area contributed by atoms with E-state index in [1.807, 2.05) is 36.4 Å². The molecule has 0 aliphatic heterocycles. The van der Waals surface area contributed by atoms with E-state index in [2.05, 4.69) is 82.8 Å². The molecule has 0 amide bonds. The molecule has 0 unspecified atom stereocenters. The van der Waals surface area contributed by atoms with Crippen LogP contribution in [0.25, 0.3) is 55.4 Å². The lowest BCUT2D eigenvalue weighted by Crippen LogP contribution is -1.97. The molecule has 1 aromatic heterocycles. The molecule has 0 spiro atoms. The van der Waals surface area contributed by atoms with E-state index in [0.717, 1.165) is 32.7 Å². The summed E-state index contributed by atoms with van der Waals surface area (Å²) in [7, 11) is 0. The Morgan fingerprint density at radius 3 is 1.97 bits per heavy atom. The number of halogens is 1. The van der Waals surface area contributed by atoms with Crippen LogP contribution in [0.3, 0.4) is 0 Å². The zero-order valence-electron chi connectivity index (χ0n) is 17.6. The summed E-state index contributed by atoms with van der Waals surface area (Å²) < 4.78 is 0. The molecule has 6 rings (SSSR count). The Morgan fingerprint density at radius 1 is 0.455 bits per heavy atom. The molecular formula is C29H18ClN3. The highest BCUT2D eigenvalue weighted by molar-refractivity contribution is 6.28. The summed E-state index contributed by atoms with van der Waals surface area (Å²) in [5.41, 5.74) is 4.23. The highest BCUT2D eigenvalue weighted by Crippen LogP contribution is 2.30. The first-order chi connectivity index (χ1) is 16.2. The lowest BCUT2D eigenvalue weighted by molar-refractivity contribution is 1.07. The van der Waals surface area contributed by atoms with E-state index < -0.39 is 0 Å². The van der Waals surface area contributed by atoms with E-state index >= 15 is 0 Å². The predicted molar refractivity (Wildman–Crippen MR) is 136 cm³/mol. The van der Waals surface area contributed by atoms with Gasteiger partial charge in [0, 0.05) is 11.1 Å². The highest BCUT2D eigenvalue weighted by atomic mass is 35.5. The fraction of sp³-hybridized carbons (Fsp3) is 0. The van der Waals surface area contributed by atoms with Crippen LogP contribution >= 0.6 is 11.6 Å². The van der Waals surface area contributed by atoms with Crippen molar-refractivity contribution < 1.29 is 0 Å². The van der Waals surface area contributed by atoms with Gasteiger partial charge < -0.3 is 0 Å². The molecule has 6 aromatic rings. The maximum Gasteiger partial charge on any atom is 0.226 e. The molecule has 5 aromatic carbocycles. The molecule has 0 saturated carbocycles. The Morgan fingerprint density at radius 2 is 1.12 bits per heavy atom. The molecule has 0 fully saturated rings. The lowest BCUT2D eigenvalue weighted by atomic mass is 10.00. The minimum Gasteiger partial charge on any atom is -0.208 e. The van der Waals surface area contributed by atoms with Gasteiger partial charge in [-0.1, -0.05) is 97.1 Å². The van der Waals surface area contributed by atoms with Gasteiger partial charge in [0.15, 0.2) is 11.6 Å². The van der Waals surface area contributed by atoms with Crippen molar-refractivity contribution in [1.82, 2.24) is 15.0 Å². The number of fused-ring (bicyclic) bond motifs is 2. The Bertz CT molecular complexity index is 1620. The molecule has 0 aliphatic carbocycles. The SMILES string of the molecule is Clc1nc(-c2ccc3cc(-c4ccccc4)ccc3c2)nc(-c2cccc3ccccc23)n1. The fourth-order valence-electron chi connectivity index (χ4n) is 4.22. The zero-order chi connectivity index (χ0) is 22.2. The van der Waals surface area contributed by atoms with Gasteiger partial charge >= 0.3 is 0 Å². The van der Waals surface area contributed by atoms with E-state index in [9.17, 15) is 0 Å². The van der Waals surface area contributed by atoms with E-state index in [4.69, 9.17) is 16.6 Å². The summed E-state index contributed by atoms with van der Waals surface area (Å²) in [6, 6.07) is 37.4. The third-order valence-electron chi connectivity index (χ3n) is 5.84. The minimum absolute atomic E-state index is 0.183. The molecule has 0 atom stereocenters. The number of aromatic nitrogens is 3. The van der Waals surface area contributed by atoms with E-state index in [0.29, 0.717) is 11.6 Å². The molecule has 1 heterocycles. The van der Waals surface area contributed by atoms with Crippen LogP contribution < -0.4 is 0 Å². The Hall–Kier alpha value is -4.08. The van der Waals surface area contributed by atoms with E-state index in [-0.39, 0.29) is 5.28 Å². The third-order valence-corrected chi connectivity index (χ3v) is 6.01. The van der Waals surface area contributed by atoms with Gasteiger partial charge in [0.1, 0.15) is 0 Å². The second kappa shape index (κ2) is 8.12. The van der Waals surface area contributed by atoms with Crippen molar-refractivity contribution in [2.45, 2.75) is 0 Å². The number of rotatable bonds is 3. The predicted octanol–water partition coefficient (Wildman–Crippen LogP) is 7.83. The van der Waals surface area contributed by atoms with Gasteiger partial charge in [-0.2, -0.15) is 9.97 Å². The topological polar surface area (TPSA) is 38.7 Å². The average Bonchev–Trinajstić information content (AvgIpc) is 2.88. The average molecular weight is 444 g/mol. The second-order valence-corrected chi connectivity index (χ2v) is 8.26. The van der Waals surface area contributed by atoms with Crippen LogP contribution in [0.5, 0.6) is 0 Å². The summed E-state index contributed by atoms with van der Waals surface area (Å²) in [5, 5.41) is 4.68. The van der Waals surface area contributed by atoms with Crippen LogP contribution in [-0.4, -0.2) is 15.0 Å². The molecule has 0 bridgehead atoms. The lowest BCUT2D eigenvalue weighted by Gasteiger charge is -2.09. The van der Waals surface area contributed by atoms with Crippen LogP contribution in [0.15, 0.2) is 109 Å². The molecule has 156 valence electrons. The van der Waals surface area contributed by atoms with Crippen LogP contribution in [0.2, 0.25) is 5.28 Å². The summed E-state index contributed by atoms with van der Waals surface area (Å²) >= 11 is 6.35. The standard InChI is InChI=1S/C29H18ClN3/c30-29-32-27(31-28(33-29)26-12-6-10-20-9-4-5-11-25(20)26)24-16-15-22-17-21(13-14-23(22)18-24)19-7-2-1-3-8-19/h1-18H. The number of benzene rings is 5. The first kappa shape index (κ1) is 19.6. The first-order valence-corrected chi connectivity index (χ1v) is 11.1. The van der Waals surface area contributed by atoms with Crippen molar-refractivity contribution in [2.24, 2.45) is 0 Å². The van der Waals surface area contributed by atoms with Gasteiger partial charge in [-0.15, -0.1) is 0 Å². The summed E-state index contributed by atoms with van der Waals surface area (Å²) in [6.07, 6.45) is 0. The quantitative estimate of drug-likeness (QED) is 0.279. The molecular weight excluding hydrogens is 426 g/mol. The number of nitrogens with zero attached hydrogens (tertiary/aromatic N) is 3. The molecule has 0 radical (unpaired) electrons. The summed E-state index contributed by atoms with van der Waals surface area (Å²) in [4.78, 5) is 13.6. The molecule has 33 heavy (non-hydrogen) atoms. The molecule has 4 heteroatoms. The van der Waals surface area contributed by atoms with Gasteiger partial charge in [0.2, 0.25) is 5.28 Å². The normalized spacial score (nSPS) is 11.2. The van der Waals surface area contributed by atoms with Crippen LogP contribution in [0.4, 0.5) is 0 Å². The fourth-order valence-corrected chi connectivity index (χ4v) is 4.38. The summed E-state index contributed by atoms with van der Waals surface area (Å²) in [6.45, 7) is 0. The Labute approximate surface area is 196 Å². The van der Waals surface area contributed by atoms with Crippen molar-refractivity contribution in [3.8, 4) is 33.9 Å². The highest BCUT2D eigenvalue weighted by Gasteiger charge is 2.12. The van der Waals surface area contributed by atoms with Gasteiger partial charge in [-0.3, -0.25) is 0 Å². The van der Waals surface area contributed by atoms with Gasteiger partial charge in [0.05, 0.1) is 0 Å². The molecule has 0 aliphatic rings. The second-order valence-electron chi connectivity index (χ2n) is 7.92. The Kier molecular flexibility index (Phi) is 4.82. The van der Waals surface area contributed by atoms with Gasteiger partial charge in [0.25, 0.3) is 0 Å². The number of hydrogen-bond acceptors (Lipinski definition) is 3. The number of hydrogen-bond donors (Lipinski definition) is 0. The maximum absolute atomic E-state index is 6.35. The van der Waals surface area contributed by atoms with E-state index in [1.54, 1.807) is 0 Å². The third kappa shape index (κ3) is 3.73. The van der Waals surface area contributed by atoms with E-state index in [1.165, 1.54) is 11.1 Å². The summed E-state index contributed by atoms with van der Waals surface area (Å²) in [5.74, 6) is 1.13. The van der Waals surface area contributed by atoms with Crippen molar-refractivity contribution in [3.63, 3.8) is 0 Å². The van der Waals surface area contributed by atoms with Crippen molar-refractivity contribution in [1.29, 1.82) is 0 Å². The Balaban J connectivity index is 1.44. The minimum atomic E-state index is 0.183. The van der Waals surface area contributed by atoms with Crippen LogP contribution in [0.1, 0.15) is 0 Å². The van der Waals surface area contributed by atoms with Gasteiger partial charge in [-0.05, 0) is 56.4 Å². The first-order valence-electron chi connectivity index (χ1n) is 10.7. The van der Waals surface area contributed by atoms with Crippen LogP contribution in [0, 0.1) is 0 Å². The van der Waals surface area contributed by atoms with Crippen molar-refractivity contribution >= 4 is 33.1 Å². The zero-order valence-corrected chi connectivity index (χ0v) is 18.4. The van der Waals surface area contributed by atoms with Gasteiger partial charge in [-0.25, -0.2) is 4.98 Å². The smallest absolute Gasteiger partial charge is 0.208 e. The molecule has 0 saturated heterocycles. The largest absolute Gasteiger partial charge is 0.226 e. The monoisotopic (exact) mass is 443 g/mol.